The molecule has 1 fully saturated rings. The van der Waals surface area contributed by atoms with Crippen molar-refractivity contribution >= 4 is 17.7 Å². The summed E-state index contributed by atoms with van der Waals surface area (Å²) in [5, 5.41) is 0. The molecule has 0 unspecified atom stereocenters. The molecule has 0 bridgehead atoms. The Balaban J connectivity index is 1.14. The van der Waals surface area contributed by atoms with Gasteiger partial charge in [0.25, 0.3) is 5.91 Å². The van der Waals surface area contributed by atoms with Gasteiger partial charge in [-0.15, -0.1) is 0 Å². The lowest BCUT2D eigenvalue weighted by molar-refractivity contribution is 0.0768. The highest BCUT2D eigenvalue weighted by atomic mass is 19.1. The van der Waals surface area contributed by atoms with Crippen LogP contribution in [0.3, 0.4) is 0 Å². The summed E-state index contributed by atoms with van der Waals surface area (Å²) in [7, 11) is 0. The molecule has 0 spiro atoms. The van der Waals surface area contributed by atoms with Gasteiger partial charge in [-0.05, 0) is 61.5 Å². The summed E-state index contributed by atoms with van der Waals surface area (Å²) in [6.45, 7) is 6.20. The number of carbonyl (C=O) groups is 1. The molecular weight excluding hydrogens is 415 g/mol. The van der Waals surface area contributed by atoms with E-state index in [1.165, 1.54) is 12.1 Å². The largest absolute Gasteiger partial charge is 0.369 e. The maximum absolute atomic E-state index is 13.2. The maximum Gasteiger partial charge on any atom is 0.256 e. The van der Waals surface area contributed by atoms with Crippen molar-refractivity contribution in [2.45, 2.75) is 6.42 Å². The summed E-state index contributed by atoms with van der Waals surface area (Å²) in [4.78, 5) is 19.9. The molecule has 5 nitrogen and oxygen atoms in total. The Morgan fingerprint density at radius 2 is 1.58 bits per heavy atom. The van der Waals surface area contributed by atoms with E-state index in [0.717, 1.165) is 68.3 Å². The molecule has 6 heteroatoms. The molecule has 2 aliphatic heterocycles. The first-order valence-electron chi connectivity index (χ1n) is 11.6. The Morgan fingerprint density at radius 1 is 0.818 bits per heavy atom. The van der Waals surface area contributed by atoms with Gasteiger partial charge in [-0.25, -0.2) is 4.39 Å². The van der Waals surface area contributed by atoms with E-state index in [9.17, 15) is 9.18 Å². The molecule has 1 amide bonds. The summed E-state index contributed by atoms with van der Waals surface area (Å²) in [6, 6.07) is 18.8. The number of rotatable bonds is 6. The zero-order chi connectivity index (χ0) is 22.6. The molecule has 170 valence electrons. The number of halogens is 1. The minimum absolute atomic E-state index is 0.103. The van der Waals surface area contributed by atoms with E-state index < -0.39 is 0 Å². The summed E-state index contributed by atoms with van der Waals surface area (Å²) in [5.74, 6) is -0.0927. The fraction of sp³-hybridized carbons (Fsp3) is 0.296. The molecule has 2 aliphatic rings. The van der Waals surface area contributed by atoms with Gasteiger partial charge in [0.15, 0.2) is 0 Å². The zero-order valence-corrected chi connectivity index (χ0v) is 18.7. The van der Waals surface area contributed by atoms with Crippen molar-refractivity contribution in [1.29, 1.82) is 0 Å². The molecular formula is C27H29FN4O. The van der Waals surface area contributed by atoms with E-state index in [1.54, 1.807) is 0 Å². The molecule has 0 N–H and O–H groups in total. The van der Waals surface area contributed by atoms with Crippen LogP contribution in [0, 0.1) is 5.82 Å². The van der Waals surface area contributed by atoms with Gasteiger partial charge < -0.3 is 14.4 Å². The number of para-hydroxylation sites is 1. The number of anilines is 1. The molecule has 0 saturated carbocycles. The molecule has 33 heavy (non-hydrogen) atoms. The number of nitrogens with zero attached hydrogens (tertiary/aromatic N) is 4. The number of hydrogen-bond donors (Lipinski definition) is 0. The minimum Gasteiger partial charge on any atom is -0.369 e. The smallest absolute Gasteiger partial charge is 0.256 e. The minimum atomic E-state index is -0.195. The predicted molar refractivity (Wildman–Crippen MR) is 130 cm³/mol. The summed E-state index contributed by atoms with van der Waals surface area (Å²) < 4.78 is 15.2. The molecule has 0 aliphatic carbocycles. The highest BCUT2D eigenvalue weighted by molar-refractivity contribution is 5.98. The van der Waals surface area contributed by atoms with Gasteiger partial charge in [0, 0.05) is 56.8 Å². The van der Waals surface area contributed by atoms with Gasteiger partial charge in [-0.1, -0.05) is 24.3 Å². The van der Waals surface area contributed by atoms with Crippen LogP contribution in [-0.2, 0) is 0 Å². The topological polar surface area (TPSA) is 31.7 Å². The van der Waals surface area contributed by atoms with Crippen LogP contribution < -0.4 is 4.90 Å². The molecule has 1 aromatic heterocycles. The Hall–Kier alpha value is -3.38. The highest BCUT2D eigenvalue weighted by Gasteiger charge is 2.23. The number of amides is 1. The fourth-order valence-corrected chi connectivity index (χ4v) is 4.71. The summed E-state index contributed by atoms with van der Waals surface area (Å²) in [5.41, 5.74) is 3.85. The average Bonchev–Trinajstić information content (AvgIpc) is 3.21. The molecule has 1 saturated heterocycles. The van der Waals surface area contributed by atoms with Crippen molar-refractivity contribution < 1.29 is 9.18 Å². The van der Waals surface area contributed by atoms with Gasteiger partial charge in [0.05, 0.1) is 11.3 Å². The zero-order valence-electron chi connectivity index (χ0n) is 18.7. The first kappa shape index (κ1) is 21.5. The van der Waals surface area contributed by atoms with Crippen LogP contribution in [-0.4, -0.2) is 66.1 Å². The second kappa shape index (κ2) is 9.63. The monoisotopic (exact) mass is 444 g/mol. The standard InChI is InChI=1S/C27H29FN4O/c28-22-9-11-23(12-10-22)30-20-18-29(19-21-30)14-5-16-31-15-4-8-26-25(27(31)33)13-17-32(26)24-6-2-1-3-7-24/h1-4,6-13,17H,5,14-16,18-21H2. The predicted octanol–water partition coefficient (Wildman–Crippen LogP) is 4.30. The second-order valence-electron chi connectivity index (χ2n) is 8.63. The van der Waals surface area contributed by atoms with Crippen LogP contribution in [0.15, 0.2) is 72.9 Å². The number of carbonyl (C=O) groups excluding carboxylic acids is 1. The Kier molecular flexibility index (Phi) is 6.26. The van der Waals surface area contributed by atoms with E-state index in [2.05, 4.69) is 38.7 Å². The quantitative estimate of drug-likeness (QED) is 0.568. The van der Waals surface area contributed by atoms with E-state index in [-0.39, 0.29) is 11.7 Å². The number of fused-ring (bicyclic) bond motifs is 1. The van der Waals surface area contributed by atoms with Gasteiger partial charge in [0.1, 0.15) is 5.82 Å². The van der Waals surface area contributed by atoms with Crippen LogP contribution in [0.5, 0.6) is 0 Å². The lowest BCUT2D eigenvalue weighted by Gasteiger charge is -2.36. The van der Waals surface area contributed by atoms with E-state index in [1.807, 2.05) is 47.5 Å². The summed E-state index contributed by atoms with van der Waals surface area (Å²) >= 11 is 0. The third-order valence-corrected chi connectivity index (χ3v) is 6.55. The number of hydrogen-bond acceptors (Lipinski definition) is 3. The highest BCUT2D eigenvalue weighted by Crippen LogP contribution is 2.23. The van der Waals surface area contributed by atoms with Gasteiger partial charge >= 0.3 is 0 Å². The van der Waals surface area contributed by atoms with Crippen molar-refractivity contribution in [3.05, 3.63) is 90.0 Å². The van der Waals surface area contributed by atoms with Crippen molar-refractivity contribution in [2.24, 2.45) is 0 Å². The Bertz CT molecular complexity index is 1110. The van der Waals surface area contributed by atoms with Gasteiger partial charge in [0.2, 0.25) is 0 Å². The lowest BCUT2D eigenvalue weighted by atomic mass is 10.2. The normalized spacial score (nSPS) is 16.7. The van der Waals surface area contributed by atoms with Crippen molar-refractivity contribution in [1.82, 2.24) is 14.4 Å². The number of piperazine rings is 1. The average molecular weight is 445 g/mol. The first-order valence-corrected chi connectivity index (χ1v) is 11.6. The molecule has 5 rings (SSSR count). The van der Waals surface area contributed by atoms with E-state index in [0.29, 0.717) is 6.54 Å². The number of benzene rings is 2. The van der Waals surface area contributed by atoms with Gasteiger partial charge in [-0.3, -0.25) is 9.69 Å². The molecule has 3 heterocycles. The first-order chi connectivity index (χ1) is 16.2. The van der Waals surface area contributed by atoms with Crippen LogP contribution in [0.1, 0.15) is 22.5 Å². The van der Waals surface area contributed by atoms with Crippen LogP contribution in [0.2, 0.25) is 0 Å². The number of aromatic nitrogens is 1. The third kappa shape index (κ3) is 4.71. The fourth-order valence-electron chi connectivity index (χ4n) is 4.71. The molecule has 3 aromatic rings. The van der Waals surface area contributed by atoms with Crippen LogP contribution >= 0.6 is 0 Å². The Morgan fingerprint density at radius 3 is 2.33 bits per heavy atom. The lowest BCUT2D eigenvalue weighted by Crippen LogP contribution is -2.47. The molecule has 0 atom stereocenters. The second-order valence-corrected chi connectivity index (χ2v) is 8.63. The Labute approximate surface area is 194 Å². The van der Waals surface area contributed by atoms with Crippen molar-refractivity contribution in [2.75, 3.05) is 50.7 Å². The SMILES string of the molecule is O=C1c2ccn(-c3ccccc3)c2C=CCN1CCCN1CCN(c2ccc(F)cc2)CC1. The van der Waals surface area contributed by atoms with Gasteiger partial charge in [-0.2, -0.15) is 0 Å². The maximum atomic E-state index is 13.2. The molecule has 0 radical (unpaired) electrons. The van der Waals surface area contributed by atoms with Crippen molar-refractivity contribution in [3.63, 3.8) is 0 Å². The van der Waals surface area contributed by atoms with Crippen molar-refractivity contribution in [3.8, 4) is 5.69 Å². The van der Waals surface area contributed by atoms with Crippen LogP contribution in [0.25, 0.3) is 11.8 Å². The van der Waals surface area contributed by atoms with E-state index in [4.69, 9.17) is 0 Å². The van der Waals surface area contributed by atoms with E-state index >= 15 is 0 Å². The summed E-state index contributed by atoms with van der Waals surface area (Å²) in [6.07, 6.45) is 7.08. The van der Waals surface area contributed by atoms with Crippen LogP contribution in [0.4, 0.5) is 10.1 Å². The third-order valence-electron chi connectivity index (χ3n) is 6.55. The molecule has 2 aromatic carbocycles.